The van der Waals surface area contributed by atoms with Gasteiger partial charge in [0.15, 0.2) is 5.75 Å². The summed E-state index contributed by atoms with van der Waals surface area (Å²) in [6.07, 6.45) is 20.3. The van der Waals surface area contributed by atoms with Gasteiger partial charge in [0.25, 0.3) is 5.92 Å². The fourth-order valence-corrected chi connectivity index (χ4v) is 6.38. The van der Waals surface area contributed by atoms with Gasteiger partial charge in [-0.05, 0) is 61.8 Å². The van der Waals surface area contributed by atoms with Crippen molar-refractivity contribution in [2.45, 2.75) is 121 Å². The highest BCUT2D eigenvalue weighted by molar-refractivity contribution is 5.38. The summed E-state index contributed by atoms with van der Waals surface area (Å²) in [6.45, 7) is 3.24. The van der Waals surface area contributed by atoms with Gasteiger partial charge in [-0.25, -0.2) is 18.7 Å². The summed E-state index contributed by atoms with van der Waals surface area (Å²) in [7, 11) is 0. The summed E-state index contributed by atoms with van der Waals surface area (Å²) in [5.74, 6) is -2.65. The Balaban J connectivity index is 1.07. The zero-order chi connectivity index (χ0) is 28.7. The Morgan fingerprint density at radius 2 is 1.61 bits per heavy atom. The van der Waals surface area contributed by atoms with Crippen LogP contribution in [0.25, 0.3) is 0 Å². The summed E-state index contributed by atoms with van der Waals surface area (Å²) in [5.41, 5.74) is -0.404. The zero-order valence-electron chi connectivity index (χ0n) is 24.6. The fourth-order valence-electron chi connectivity index (χ4n) is 6.38. The van der Waals surface area contributed by atoms with Crippen molar-refractivity contribution in [3.05, 3.63) is 41.4 Å². The minimum Gasteiger partial charge on any atom is -0.490 e. The third kappa shape index (κ3) is 8.35. The molecule has 0 aliphatic heterocycles. The number of rotatable bonds is 18. The number of ether oxygens (including phenoxy) is 2. The molecule has 0 spiro atoms. The molecule has 2 heterocycles. The van der Waals surface area contributed by atoms with E-state index in [2.05, 4.69) is 21.9 Å². The number of hydrogen-bond acceptors (Lipinski definition) is 5. The van der Waals surface area contributed by atoms with E-state index in [1.165, 1.54) is 76.2 Å². The molecule has 2 aromatic heterocycles. The first kappa shape index (κ1) is 30.1. The molecular formula is C33H46F3N3O2. The van der Waals surface area contributed by atoms with E-state index in [9.17, 15) is 4.39 Å². The highest BCUT2D eigenvalue weighted by Gasteiger charge is 2.50. The Morgan fingerprint density at radius 3 is 2.32 bits per heavy atom. The standard InChI is InChI=1S/C33H46F3N3O2/c1-2-24(25-14-15-25)11-7-5-9-19-41-29-20-26-16-17-28(33(35,36)30(26)31(34)39-29)32-37-21-27(22-38-32)40-18-8-4-3-6-10-23-12-13-23/h20-25,28H,2-19H2,1H3. The number of nitrogens with zero attached hydrogens (tertiary/aromatic N) is 3. The van der Waals surface area contributed by atoms with Gasteiger partial charge in [-0.3, -0.25) is 0 Å². The van der Waals surface area contributed by atoms with Gasteiger partial charge in [-0.1, -0.05) is 71.1 Å². The molecule has 0 bridgehead atoms. The highest BCUT2D eigenvalue weighted by atomic mass is 19.3. The van der Waals surface area contributed by atoms with Crippen LogP contribution in [0.4, 0.5) is 13.2 Å². The number of hydrogen-bond donors (Lipinski definition) is 0. The number of fused-ring (bicyclic) bond motifs is 1. The summed E-state index contributed by atoms with van der Waals surface area (Å²) >= 11 is 0. The van der Waals surface area contributed by atoms with Crippen LogP contribution in [-0.4, -0.2) is 28.2 Å². The van der Waals surface area contributed by atoms with E-state index in [0.717, 1.165) is 49.9 Å². The van der Waals surface area contributed by atoms with Gasteiger partial charge in [0.1, 0.15) is 5.82 Å². The van der Waals surface area contributed by atoms with Crippen LogP contribution < -0.4 is 9.47 Å². The third-order valence-corrected chi connectivity index (χ3v) is 9.22. The summed E-state index contributed by atoms with van der Waals surface area (Å²) in [4.78, 5) is 12.1. The van der Waals surface area contributed by atoms with Crippen LogP contribution in [0.5, 0.6) is 11.6 Å². The van der Waals surface area contributed by atoms with Gasteiger partial charge in [-0.15, -0.1) is 0 Å². The number of pyridine rings is 1. The van der Waals surface area contributed by atoms with Gasteiger partial charge >= 0.3 is 0 Å². The van der Waals surface area contributed by atoms with Crippen molar-refractivity contribution >= 4 is 0 Å². The van der Waals surface area contributed by atoms with Crippen LogP contribution in [0.3, 0.4) is 0 Å². The summed E-state index contributed by atoms with van der Waals surface area (Å²) < 4.78 is 57.5. The Kier molecular flexibility index (Phi) is 10.4. The van der Waals surface area contributed by atoms with Crippen molar-refractivity contribution < 1.29 is 22.6 Å². The molecule has 0 N–H and O–H groups in total. The molecule has 2 atom stereocenters. The number of alkyl halides is 2. The lowest BCUT2D eigenvalue weighted by molar-refractivity contribution is -0.0501. The summed E-state index contributed by atoms with van der Waals surface area (Å²) in [5, 5.41) is 0. The number of aryl methyl sites for hydroxylation is 1. The molecular weight excluding hydrogens is 527 g/mol. The summed E-state index contributed by atoms with van der Waals surface area (Å²) in [6, 6.07) is 1.48. The van der Waals surface area contributed by atoms with Gasteiger partial charge < -0.3 is 9.47 Å². The van der Waals surface area contributed by atoms with Crippen molar-refractivity contribution in [3.63, 3.8) is 0 Å². The van der Waals surface area contributed by atoms with Crippen molar-refractivity contribution in [3.8, 4) is 11.6 Å². The molecule has 0 saturated heterocycles. The van der Waals surface area contributed by atoms with E-state index in [4.69, 9.17) is 9.47 Å². The first-order chi connectivity index (χ1) is 20.0. The van der Waals surface area contributed by atoms with Crippen LogP contribution in [0.1, 0.15) is 126 Å². The molecule has 2 unspecified atom stereocenters. The smallest absolute Gasteiger partial charge is 0.287 e. The number of aromatic nitrogens is 3. The second-order valence-electron chi connectivity index (χ2n) is 12.5. The van der Waals surface area contributed by atoms with Gasteiger partial charge in [-0.2, -0.15) is 9.37 Å². The molecule has 3 aliphatic rings. The SMILES string of the molecule is CCC(CCCCCOc1cc2c(c(F)n1)C(F)(F)C(c1ncc(OCCCCCCC3CC3)cn1)CC2)C1CC1. The van der Waals surface area contributed by atoms with E-state index in [-0.39, 0.29) is 30.1 Å². The average molecular weight is 574 g/mol. The minimum atomic E-state index is -3.47. The van der Waals surface area contributed by atoms with E-state index in [1.807, 2.05) is 0 Å². The average Bonchev–Trinajstić information content (AvgIpc) is 3.88. The molecule has 5 nitrogen and oxygen atoms in total. The van der Waals surface area contributed by atoms with Crippen molar-refractivity contribution in [2.75, 3.05) is 13.2 Å². The Morgan fingerprint density at radius 1 is 0.902 bits per heavy atom. The highest BCUT2D eigenvalue weighted by Crippen LogP contribution is 2.50. The second-order valence-corrected chi connectivity index (χ2v) is 12.5. The lowest BCUT2D eigenvalue weighted by atomic mass is 9.80. The predicted octanol–water partition coefficient (Wildman–Crippen LogP) is 8.95. The monoisotopic (exact) mass is 573 g/mol. The molecule has 0 radical (unpaired) electrons. The molecule has 41 heavy (non-hydrogen) atoms. The second kappa shape index (κ2) is 14.2. The van der Waals surface area contributed by atoms with Gasteiger partial charge in [0.2, 0.25) is 11.8 Å². The minimum absolute atomic E-state index is 0.000185. The first-order valence-electron chi connectivity index (χ1n) is 16.1. The molecule has 2 aromatic rings. The molecule has 226 valence electrons. The maximum atomic E-state index is 15.6. The van der Waals surface area contributed by atoms with Crippen molar-refractivity contribution in [1.82, 2.24) is 15.0 Å². The van der Waals surface area contributed by atoms with E-state index in [1.54, 1.807) is 0 Å². The quantitative estimate of drug-likeness (QED) is 0.132. The Labute approximate surface area is 243 Å². The lowest BCUT2D eigenvalue weighted by Crippen LogP contribution is -2.33. The number of halogens is 3. The molecule has 2 saturated carbocycles. The molecule has 8 heteroatoms. The number of unbranched alkanes of at least 4 members (excludes halogenated alkanes) is 5. The van der Waals surface area contributed by atoms with Gasteiger partial charge in [0, 0.05) is 6.07 Å². The topological polar surface area (TPSA) is 57.1 Å². The van der Waals surface area contributed by atoms with Crippen LogP contribution in [0.15, 0.2) is 18.5 Å². The Bertz CT molecular complexity index is 1110. The van der Waals surface area contributed by atoms with E-state index >= 15 is 8.78 Å². The predicted molar refractivity (Wildman–Crippen MR) is 153 cm³/mol. The Hall–Kier alpha value is -2.38. The maximum absolute atomic E-state index is 15.6. The van der Waals surface area contributed by atoms with E-state index in [0.29, 0.717) is 19.0 Å². The molecule has 2 fully saturated rings. The molecule has 0 amide bonds. The zero-order valence-corrected chi connectivity index (χ0v) is 24.6. The van der Waals surface area contributed by atoms with Crippen LogP contribution in [-0.2, 0) is 12.3 Å². The largest absolute Gasteiger partial charge is 0.490 e. The molecule has 5 rings (SSSR count). The van der Waals surface area contributed by atoms with E-state index < -0.39 is 23.4 Å². The first-order valence-corrected chi connectivity index (χ1v) is 16.1. The lowest BCUT2D eigenvalue weighted by Gasteiger charge is -2.32. The van der Waals surface area contributed by atoms with Crippen LogP contribution >= 0.6 is 0 Å². The van der Waals surface area contributed by atoms with Crippen molar-refractivity contribution in [2.24, 2.45) is 17.8 Å². The normalized spacial score (nSPS) is 20.4. The molecule has 3 aliphatic carbocycles. The third-order valence-electron chi connectivity index (χ3n) is 9.22. The van der Waals surface area contributed by atoms with Crippen LogP contribution in [0.2, 0.25) is 0 Å². The maximum Gasteiger partial charge on any atom is 0.287 e. The fraction of sp³-hybridized carbons (Fsp3) is 0.727. The van der Waals surface area contributed by atoms with Gasteiger partial charge in [0.05, 0.1) is 37.1 Å². The van der Waals surface area contributed by atoms with Crippen LogP contribution in [0, 0.1) is 23.7 Å². The molecule has 0 aromatic carbocycles. The van der Waals surface area contributed by atoms with Crippen molar-refractivity contribution in [1.29, 1.82) is 0 Å².